The molecule has 3 aromatic heterocycles. The maximum atomic E-state index is 15.1. The molecule has 0 spiro atoms. The summed E-state index contributed by atoms with van der Waals surface area (Å²) in [7, 11) is 4.62. The van der Waals surface area contributed by atoms with Crippen molar-refractivity contribution >= 4 is 34.7 Å². The summed E-state index contributed by atoms with van der Waals surface area (Å²) in [6, 6.07) is 10.7. The number of aryl methyl sites for hydroxylation is 1. The maximum absolute atomic E-state index is 15.1. The molecular weight excluding hydrogens is 536 g/mol. The summed E-state index contributed by atoms with van der Waals surface area (Å²) in [4.78, 5) is 44.4. The highest BCUT2D eigenvalue weighted by Gasteiger charge is 2.30. The Morgan fingerprint density at radius 1 is 0.951 bits per heavy atom. The largest absolute Gasteiger partial charge is 0.452 e. The van der Waals surface area contributed by atoms with E-state index >= 15 is 4.39 Å². The SMILES string of the molecule is CN(C)C(=O)N(C(=O)C(=O)Nc1ccc(Oc2cc(-c3cn(C)cn3)cn3nccc23)c(F)c1)c1ccc(F)cc1. The van der Waals surface area contributed by atoms with Crippen molar-refractivity contribution in [1.82, 2.24) is 24.1 Å². The Balaban J connectivity index is 1.37. The molecule has 4 amide bonds. The first-order chi connectivity index (χ1) is 19.6. The van der Waals surface area contributed by atoms with Gasteiger partial charge in [-0.1, -0.05) is 0 Å². The molecule has 0 atom stereocenters. The molecular formula is C28H23F2N7O4. The smallest absolute Gasteiger partial charge is 0.331 e. The van der Waals surface area contributed by atoms with Gasteiger partial charge >= 0.3 is 17.8 Å². The molecule has 1 N–H and O–H groups in total. The minimum atomic E-state index is -1.24. The number of urea groups is 1. The lowest BCUT2D eigenvalue weighted by atomic mass is 10.2. The van der Waals surface area contributed by atoms with Crippen LogP contribution in [-0.4, -0.2) is 56.0 Å². The van der Waals surface area contributed by atoms with Crippen LogP contribution in [0.2, 0.25) is 0 Å². The molecule has 0 bridgehead atoms. The number of imidazole rings is 1. The lowest BCUT2D eigenvalue weighted by Gasteiger charge is -2.24. The highest BCUT2D eigenvalue weighted by atomic mass is 19.1. The molecule has 0 fully saturated rings. The normalized spacial score (nSPS) is 10.9. The van der Waals surface area contributed by atoms with Crippen LogP contribution in [0.4, 0.5) is 25.0 Å². The highest BCUT2D eigenvalue weighted by molar-refractivity contribution is 6.48. The van der Waals surface area contributed by atoms with Gasteiger partial charge in [0.05, 0.1) is 23.9 Å². The summed E-state index contributed by atoms with van der Waals surface area (Å²) in [6.45, 7) is 0. The number of fused-ring (bicyclic) bond motifs is 1. The number of carbonyl (C=O) groups excluding carboxylic acids is 3. The molecule has 0 unspecified atom stereocenters. The van der Waals surface area contributed by atoms with Gasteiger partial charge in [0.15, 0.2) is 17.3 Å². The summed E-state index contributed by atoms with van der Waals surface area (Å²) in [5, 5.41) is 6.53. The van der Waals surface area contributed by atoms with Crippen LogP contribution in [0, 0.1) is 11.6 Å². The van der Waals surface area contributed by atoms with Gasteiger partial charge in [0, 0.05) is 50.9 Å². The van der Waals surface area contributed by atoms with Gasteiger partial charge in [0.2, 0.25) is 0 Å². The van der Waals surface area contributed by atoms with Crippen molar-refractivity contribution in [2.24, 2.45) is 7.05 Å². The summed E-state index contributed by atoms with van der Waals surface area (Å²) < 4.78 is 37.8. The van der Waals surface area contributed by atoms with E-state index in [0.717, 1.165) is 23.1 Å². The van der Waals surface area contributed by atoms with Crippen molar-refractivity contribution in [2.75, 3.05) is 24.3 Å². The summed E-state index contributed by atoms with van der Waals surface area (Å²) in [6.07, 6.45) is 6.81. The van der Waals surface area contributed by atoms with Gasteiger partial charge in [-0.3, -0.25) is 9.59 Å². The van der Waals surface area contributed by atoms with Gasteiger partial charge in [-0.05, 0) is 48.5 Å². The summed E-state index contributed by atoms with van der Waals surface area (Å²) >= 11 is 0. The number of anilines is 2. The third-order valence-corrected chi connectivity index (χ3v) is 5.94. The Morgan fingerprint density at radius 2 is 1.71 bits per heavy atom. The zero-order chi connectivity index (χ0) is 29.3. The first-order valence-corrected chi connectivity index (χ1v) is 12.2. The third-order valence-electron chi connectivity index (χ3n) is 5.94. The van der Waals surface area contributed by atoms with Crippen LogP contribution in [0.25, 0.3) is 16.8 Å². The summed E-state index contributed by atoms with van der Waals surface area (Å²) in [5.74, 6) is -3.69. The molecule has 13 heteroatoms. The second-order valence-electron chi connectivity index (χ2n) is 9.17. The van der Waals surface area contributed by atoms with Crippen LogP contribution in [-0.2, 0) is 16.6 Å². The van der Waals surface area contributed by atoms with Crippen LogP contribution >= 0.6 is 0 Å². The van der Waals surface area contributed by atoms with Crippen LogP contribution < -0.4 is 15.0 Å². The monoisotopic (exact) mass is 559 g/mol. The first kappa shape index (κ1) is 27.0. The van der Waals surface area contributed by atoms with Crippen LogP contribution in [0.15, 0.2) is 79.5 Å². The standard InChI is InChI=1S/C28H23F2N7O4/c1-34(2)28(40)37(20-7-4-18(29)5-8-20)27(39)26(38)33-19-6-9-24(21(30)13-19)41-25-12-17(22-15-35(3)16-31-22)14-36-23(25)10-11-32-36/h4-16H,1-3H3,(H,33,38). The molecule has 208 valence electrons. The number of halogens is 2. The molecule has 0 radical (unpaired) electrons. The number of amides is 4. The molecule has 5 rings (SSSR count). The van der Waals surface area contributed by atoms with Gasteiger partial charge in [-0.2, -0.15) is 5.10 Å². The van der Waals surface area contributed by atoms with Crippen LogP contribution in [0.5, 0.6) is 11.5 Å². The number of carbonyl (C=O) groups is 3. The van der Waals surface area contributed by atoms with Gasteiger partial charge in [0.1, 0.15) is 11.3 Å². The molecule has 0 aliphatic heterocycles. The zero-order valence-corrected chi connectivity index (χ0v) is 22.1. The Hall–Kier alpha value is -5.59. The molecule has 3 heterocycles. The Bertz CT molecular complexity index is 1780. The van der Waals surface area contributed by atoms with E-state index in [1.165, 1.54) is 38.4 Å². The van der Waals surface area contributed by atoms with Gasteiger partial charge in [0.25, 0.3) is 0 Å². The zero-order valence-electron chi connectivity index (χ0n) is 22.1. The van der Waals surface area contributed by atoms with E-state index in [9.17, 15) is 18.8 Å². The molecule has 0 aliphatic rings. The van der Waals surface area contributed by atoms with E-state index in [0.29, 0.717) is 27.4 Å². The van der Waals surface area contributed by atoms with E-state index in [4.69, 9.17) is 4.74 Å². The minimum Gasteiger partial charge on any atom is -0.452 e. The second-order valence-corrected chi connectivity index (χ2v) is 9.17. The van der Waals surface area contributed by atoms with Gasteiger partial charge in [-0.15, -0.1) is 0 Å². The van der Waals surface area contributed by atoms with Crippen molar-refractivity contribution in [3.63, 3.8) is 0 Å². The predicted octanol–water partition coefficient (Wildman–Crippen LogP) is 4.46. The quantitative estimate of drug-likeness (QED) is 0.318. The maximum Gasteiger partial charge on any atom is 0.331 e. The molecule has 5 aromatic rings. The number of imide groups is 1. The number of pyridine rings is 1. The molecule has 2 aromatic carbocycles. The number of nitrogens with zero attached hydrogens (tertiary/aromatic N) is 6. The number of hydrogen-bond acceptors (Lipinski definition) is 6. The Labute approximate surface area is 232 Å². The van der Waals surface area contributed by atoms with E-state index in [-0.39, 0.29) is 17.1 Å². The second kappa shape index (κ2) is 10.9. The fraction of sp³-hybridized carbons (Fsp3) is 0.107. The number of aromatic nitrogens is 4. The van der Waals surface area contributed by atoms with Crippen molar-refractivity contribution < 1.29 is 27.9 Å². The van der Waals surface area contributed by atoms with Crippen molar-refractivity contribution in [1.29, 1.82) is 0 Å². The van der Waals surface area contributed by atoms with Crippen molar-refractivity contribution in [3.8, 4) is 22.8 Å². The third kappa shape index (κ3) is 5.59. The van der Waals surface area contributed by atoms with Crippen molar-refractivity contribution in [2.45, 2.75) is 0 Å². The fourth-order valence-corrected chi connectivity index (χ4v) is 3.95. The molecule has 11 nitrogen and oxygen atoms in total. The lowest BCUT2D eigenvalue weighted by Crippen LogP contribution is -2.48. The molecule has 0 saturated heterocycles. The van der Waals surface area contributed by atoms with Crippen LogP contribution in [0.3, 0.4) is 0 Å². The van der Waals surface area contributed by atoms with Crippen molar-refractivity contribution in [3.05, 3.63) is 91.1 Å². The van der Waals surface area contributed by atoms with E-state index in [1.807, 2.05) is 13.2 Å². The van der Waals surface area contributed by atoms with E-state index in [2.05, 4.69) is 15.4 Å². The van der Waals surface area contributed by atoms with Crippen LogP contribution in [0.1, 0.15) is 0 Å². The topological polar surface area (TPSA) is 114 Å². The number of ether oxygens (including phenoxy) is 1. The predicted molar refractivity (Wildman–Crippen MR) is 145 cm³/mol. The Morgan fingerprint density at radius 3 is 2.37 bits per heavy atom. The van der Waals surface area contributed by atoms with Gasteiger partial charge < -0.3 is 19.5 Å². The summed E-state index contributed by atoms with van der Waals surface area (Å²) in [5.41, 5.74) is 1.87. The highest BCUT2D eigenvalue weighted by Crippen LogP contribution is 2.33. The van der Waals surface area contributed by atoms with E-state index < -0.39 is 29.5 Å². The Kier molecular flexibility index (Phi) is 7.17. The molecule has 0 aliphatic carbocycles. The number of hydrogen-bond donors (Lipinski definition) is 1. The first-order valence-electron chi connectivity index (χ1n) is 12.2. The average Bonchev–Trinajstić information content (AvgIpc) is 3.60. The number of nitrogens with one attached hydrogen (secondary N) is 1. The number of benzene rings is 2. The molecule has 41 heavy (non-hydrogen) atoms. The average molecular weight is 560 g/mol. The number of rotatable bonds is 5. The van der Waals surface area contributed by atoms with Gasteiger partial charge in [-0.25, -0.2) is 28.0 Å². The lowest BCUT2D eigenvalue weighted by molar-refractivity contribution is -0.134. The van der Waals surface area contributed by atoms with E-state index in [1.54, 1.807) is 39.9 Å². The minimum absolute atomic E-state index is 0.0145. The molecule has 0 saturated carbocycles. The fourth-order valence-electron chi connectivity index (χ4n) is 3.95.